The largest absolute Gasteiger partial charge is 0.679 e. The van der Waals surface area contributed by atoms with Gasteiger partial charge in [-0.1, -0.05) is 104 Å². The Morgan fingerprint density at radius 1 is 0.545 bits per heavy atom. The molecule has 0 saturated carbocycles. The molecule has 0 N–H and O–H groups in total. The molecule has 0 spiro atoms. The predicted octanol–water partition coefficient (Wildman–Crippen LogP) is 9.18. The van der Waals surface area contributed by atoms with Crippen LogP contribution >= 0.6 is 17.0 Å². The van der Waals surface area contributed by atoms with Gasteiger partial charge in [-0.2, -0.15) is 0 Å². The zero-order valence-corrected chi connectivity index (χ0v) is 21.8. The van der Waals surface area contributed by atoms with E-state index in [0.29, 0.717) is 13.1 Å². The Hall–Kier alpha value is -2.39. The quantitative estimate of drug-likeness (QED) is 0.208. The van der Waals surface area contributed by atoms with E-state index >= 15 is 0 Å². The Balaban J connectivity index is 0.000000821. The molecule has 6 heteroatoms. The minimum Gasteiger partial charge on any atom is -0.679 e. The molecule has 1 heterocycles. The van der Waals surface area contributed by atoms with Gasteiger partial charge in [0.2, 0.25) is 0 Å². The van der Waals surface area contributed by atoms with Crippen molar-refractivity contribution < 1.29 is 20.8 Å². The summed E-state index contributed by atoms with van der Waals surface area (Å²) in [6.07, 6.45) is 0. The van der Waals surface area contributed by atoms with E-state index in [-0.39, 0.29) is 0 Å². The van der Waals surface area contributed by atoms with Crippen LogP contribution in [0.1, 0.15) is 11.4 Å². The van der Waals surface area contributed by atoms with Crippen molar-refractivity contribution >= 4 is 49.9 Å². The summed E-state index contributed by atoms with van der Waals surface area (Å²) in [5.74, 6) is 0. The second-order valence-corrected chi connectivity index (χ2v) is 11.1. The third kappa shape index (κ3) is 6.35. The number of pyridine rings is 1. The van der Waals surface area contributed by atoms with E-state index in [1.165, 1.54) is 21.5 Å². The van der Waals surface area contributed by atoms with Crippen LogP contribution in [0, 0.1) is 0 Å². The van der Waals surface area contributed by atoms with Crippen molar-refractivity contribution in [3.63, 3.8) is 0 Å². The summed E-state index contributed by atoms with van der Waals surface area (Å²) in [5.41, 5.74) is 3.91. The summed E-state index contributed by atoms with van der Waals surface area (Å²) in [5, 5.41) is 14.4. The molecule has 0 amide bonds. The molecule has 33 heavy (non-hydrogen) atoms. The molecule has 0 unspecified atom stereocenters. The van der Waals surface area contributed by atoms with Gasteiger partial charge in [0.25, 0.3) is 0 Å². The fourth-order valence-electron chi connectivity index (χ4n) is 3.73. The molecule has 5 aromatic rings. The first-order valence-corrected chi connectivity index (χ1v) is 16.8. The first kappa shape index (κ1) is 23.8. The van der Waals surface area contributed by atoms with Crippen molar-refractivity contribution in [2.45, 2.75) is 13.1 Å². The van der Waals surface area contributed by atoms with Crippen LogP contribution in [0.25, 0.3) is 32.2 Å². The van der Waals surface area contributed by atoms with Crippen LogP contribution in [-0.2, 0) is 33.9 Å². The second kappa shape index (κ2) is 12.2. The minimum atomic E-state index is -0.826. The molecule has 0 bridgehead atoms. The maximum absolute atomic E-state index is 4.93. The number of hydrogen-bond donors (Lipinski definition) is 0. The topological polar surface area (TPSA) is 41.1 Å². The number of rotatable bonds is 6. The third-order valence-electron chi connectivity index (χ3n) is 5.22. The van der Waals surface area contributed by atoms with Gasteiger partial charge >= 0.3 is 37.9 Å². The summed E-state index contributed by atoms with van der Waals surface area (Å²) >= 11 is -0.826. The number of hydrogen-bond acceptors (Lipinski definition) is 1. The first-order valence-electron chi connectivity index (χ1n) is 10.5. The molecule has 162 valence electrons. The zero-order chi connectivity index (χ0) is 22.9. The number of halogens is 2. The van der Waals surface area contributed by atoms with Crippen LogP contribution in [0.5, 0.6) is 0 Å². The third-order valence-corrected chi connectivity index (χ3v) is 5.22. The molecule has 0 aliphatic heterocycles. The minimum absolute atomic E-state index is 0.552. The molecule has 0 saturated heterocycles. The van der Waals surface area contributed by atoms with Gasteiger partial charge in [0.1, 0.15) is 0 Å². The van der Waals surface area contributed by atoms with Gasteiger partial charge in [-0.15, -0.1) is 11.4 Å². The molecule has 0 atom stereocenters. The van der Waals surface area contributed by atoms with E-state index in [2.05, 4.69) is 72.8 Å². The fourth-order valence-corrected chi connectivity index (χ4v) is 3.73. The van der Waals surface area contributed by atoms with E-state index < -0.39 is 20.8 Å². The second-order valence-electron chi connectivity index (χ2n) is 7.32. The van der Waals surface area contributed by atoms with E-state index in [4.69, 9.17) is 32.6 Å². The van der Waals surface area contributed by atoms with E-state index in [9.17, 15) is 0 Å². The maximum Gasteiger partial charge on any atom is 0.0230 e. The van der Waals surface area contributed by atoms with E-state index in [0.717, 1.165) is 22.8 Å². The molecule has 5 rings (SSSR count). The number of aromatic nitrogens is 1. The predicted molar refractivity (Wildman–Crippen MR) is 137 cm³/mol. The van der Waals surface area contributed by atoms with Gasteiger partial charge in [-0.25, -0.2) is 0 Å². The number of nitrogens with zero attached hydrogens (tertiary/aromatic N) is 3. The summed E-state index contributed by atoms with van der Waals surface area (Å²) in [7, 11) is 9.87. The molecular weight excluding hydrogens is 528 g/mol. The van der Waals surface area contributed by atoms with Gasteiger partial charge < -0.3 is 10.6 Å². The van der Waals surface area contributed by atoms with Crippen LogP contribution in [0.15, 0.2) is 103 Å². The number of fused-ring (bicyclic) bond motifs is 2. The molecule has 0 aliphatic carbocycles. The molecule has 1 aromatic heterocycles. The van der Waals surface area contributed by atoms with Crippen LogP contribution in [-0.4, -0.2) is 4.98 Å². The zero-order valence-electron chi connectivity index (χ0n) is 17.8. The molecule has 0 aliphatic rings. The molecule has 0 radical (unpaired) electrons. The van der Waals surface area contributed by atoms with Crippen molar-refractivity contribution in [3.05, 3.63) is 125 Å². The summed E-state index contributed by atoms with van der Waals surface area (Å²) in [6.45, 7) is 1.10. The van der Waals surface area contributed by atoms with Crippen molar-refractivity contribution in [1.29, 1.82) is 0 Å². The molecule has 3 nitrogen and oxygen atoms in total. The monoisotopic (exact) mass is 547 g/mol. The average Bonchev–Trinajstić information content (AvgIpc) is 2.87. The Labute approximate surface area is 212 Å². The maximum atomic E-state index is 4.93. The molecule has 0 fully saturated rings. The van der Waals surface area contributed by atoms with Crippen molar-refractivity contribution in [2.24, 2.45) is 0 Å². The van der Waals surface area contributed by atoms with Crippen LogP contribution in [0.4, 0.5) is 11.4 Å². The van der Waals surface area contributed by atoms with Gasteiger partial charge in [-0.3, -0.25) is 4.98 Å². The summed E-state index contributed by atoms with van der Waals surface area (Å²) in [6, 6.07) is 35.2. The van der Waals surface area contributed by atoms with Crippen LogP contribution in [0.3, 0.4) is 0 Å². The Bertz CT molecular complexity index is 1230. The van der Waals surface area contributed by atoms with E-state index in [1.54, 1.807) is 0 Å². The number of benzene rings is 4. The fraction of sp³-hybridized carbons (Fsp3) is 0.0741. The standard InChI is InChI=1S/C27H21N3.2ClH.Zr/c1-3-14-24-20(8-1)10-5-16-26(24)28-18-22-12-7-13-23(30-22)19-29-27-17-6-11-21-9-2-4-15-25(21)27;;;/h1-17H,18-19H2;2*1H;/q-2;;;+4/p-2. The van der Waals surface area contributed by atoms with Gasteiger partial charge in [0.05, 0.1) is 0 Å². The van der Waals surface area contributed by atoms with Crippen LogP contribution in [0.2, 0.25) is 0 Å². The Morgan fingerprint density at radius 3 is 1.42 bits per heavy atom. The van der Waals surface area contributed by atoms with Gasteiger partial charge in [0.15, 0.2) is 0 Å². The van der Waals surface area contributed by atoms with Crippen molar-refractivity contribution in [3.8, 4) is 0 Å². The molecule has 4 aromatic carbocycles. The summed E-state index contributed by atoms with van der Waals surface area (Å²) in [4.78, 5) is 4.78. The molecular formula is C27H21Cl2N3Zr. The van der Waals surface area contributed by atoms with Crippen molar-refractivity contribution in [2.75, 3.05) is 0 Å². The smallest absolute Gasteiger partial charge is 0.0230 e. The Morgan fingerprint density at radius 2 is 0.939 bits per heavy atom. The normalized spacial score (nSPS) is 10.2. The van der Waals surface area contributed by atoms with Gasteiger partial charge in [0, 0.05) is 11.4 Å². The van der Waals surface area contributed by atoms with Crippen LogP contribution < -0.4 is 0 Å². The average molecular weight is 550 g/mol. The van der Waals surface area contributed by atoms with Crippen molar-refractivity contribution in [1.82, 2.24) is 4.98 Å². The first-order chi connectivity index (χ1) is 16.3. The Kier molecular flexibility index (Phi) is 8.77. The van der Waals surface area contributed by atoms with E-state index in [1.807, 2.05) is 30.3 Å². The SMILES string of the molecule is [Cl][Zr+2][Cl].c1cc(C[N-]c2cccc3ccccc23)nc(C[N-]c2cccc3ccccc23)c1. The van der Waals surface area contributed by atoms with Gasteiger partial charge in [-0.05, 0) is 33.7 Å². The summed E-state index contributed by atoms with van der Waals surface area (Å²) < 4.78 is 0.